The molecule has 1 saturated heterocycles. The summed E-state index contributed by atoms with van der Waals surface area (Å²) in [5.41, 5.74) is 3.53. The summed E-state index contributed by atoms with van der Waals surface area (Å²) >= 11 is 0. The molecule has 0 saturated carbocycles. The van der Waals surface area contributed by atoms with Crippen molar-refractivity contribution in [1.82, 2.24) is 0 Å². The van der Waals surface area contributed by atoms with E-state index in [1.807, 2.05) is 6.07 Å². The second-order valence-corrected chi connectivity index (χ2v) is 7.38. The van der Waals surface area contributed by atoms with Crippen LogP contribution in [-0.2, 0) is 9.84 Å². The van der Waals surface area contributed by atoms with Crippen molar-refractivity contribution in [2.45, 2.75) is 19.4 Å². The Bertz CT molecular complexity index is 568. The fraction of sp³-hybridized carbons (Fsp3) is 0.538. The summed E-state index contributed by atoms with van der Waals surface area (Å²) in [7, 11) is -2.82. The summed E-state index contributed by atoms with van der Waals surface area (Å²) in [6.07, 6.45) is 0.760. The summed E-state index contributed by atoms with van der Waals surface area (Å²) in [4.78, 5) is 2.28. The predicted molar refractivity (Wildman–Crippen MR) is 74.1 cm³/mol. The first-order chi connectivity index (χ1) is 8.57. The van der Waals surface area contributed by atoms with Crippen molar-refractivity contribution < 1.29 is 8.42 Å². The average molecular weight is 266 g/mol. The van der Waals surface area contributed by atoms with E-state index < -0.39 is 9.84 Å². The quantitative estimate of drug-likeness (QED) is 0.835. The molecule has 2 heterocycles. The van der Waals surface area contributed by atoms with Crippen LogP contribution in [0.4, 0.5) is 11.4 Å². The second-order valence-electron chi connectivity index (χ2n) is 5.15. The highest BCUT2D eigenvalue weighted by Gasteiger charge is 2.34. The van der Waals surface area contributed by atoms with Crippen LogP contribution in [0.3, 0.4) is 0 Å². The Morgan fingerprint density at radius 3 is 2.94 bits per heavy atom. The van der Waals surface area contributed by atoms with Crippen molar-refractivity contribution >= 4 is 21.2 Å². The Morgan fingerprint density at radius 2 is 2.22 bits per heavy atom. The van der Waals surface area contributed by atoms with Crippen molar-refractivity contribution in [3.63, 3.8) is 0 Å². The molecular weight excluding hydrogens is 248 g/mol. The molecule has 4 nitrogen and oxygen atoms in total. The monoisotopic (exact) mass is 266 g/mol. The maximum Gasteiger partial charge on any atom is 0.152 e. The zero-order valence-corrected chi connectivity index (χ0v) is 11.3. The topological polar surface area (TPSA) is 49.4 Å². The molecule has 2 aliphatic rings. The molecule has 1 aromatic rings. The fourth-order valence-corrected chi connectivity index (χ4v) is 4.72. The van der Waals surface area contributed by atoms with Crippen molar-refractivity contribution in [2.75, 3.05) is 34.8 Å². The Labute approximate surface area is 108 Å². The zero-order valence-electron chi connectivity index (χ0n) is 10.5. The minimum atomic E-state index is -2.82. The smallest absolute Gasteiger partial charge is 0.152 e. The normalized spacial score (nSPS) is 25.6. The van der Waals surface area contributed by atoms with Crippen LogP contribution in [0.15, 0.2) is 18.2 Å². The number of anilines is 2. The highest BCUT2D eigenvalue weighted by molar-refractivity contribution is 7.91. The molecular formula is C13H18N2O2S. The zero-order chi connectivity index (χ0) is 12.8. The maximum absolute atomic E-state index is 11.6. The molecule has 1 unspecified atom stereocenters. The van der Waals surface area contributed by atoms with Gasteiger partial charge in [0.1, 0.15) is 0 Å². The Hall–Kier alpha value is -1.23. The van der Waals surface area contributed by atoms with Gasteiger partial charge in [-0.05, 0) is 25.0 Å². The number of nitrogens with zero attached hydrogens (tertiary/aromatic N) is 1. The van der Waals surface area contributed by atoms with E-state index in [0.717, 1.165) is 25.2 Å². The highest BCUT2D eigenvalue weighted by Crippen LogP contribution is 2.35. The van der Waals surface area contributed by atoms with Crippen LogP contribution < -0.4 is 10.2 Å². The van der Waals surface area contributed by atoms with Crippen LogP contribution in [0.5, 0.6) is 0 Å². The van der Waals surface area contributed by atoms with Gasteiger partial charge in [0.25, 0.3) is 0 Å². The summed E-state index contributed by atoms with van der Waals surface area (Å²) in [5, 5.41) is 3.39. The number of hydrogen-bond acceptors (Lipinski definition) is 4. The highest BCUT2D eigenvalue weighted by atomic mass is 32.2. The minimum Gasteiger partial charge on any atom is -0.382 e. The number of aryl methyl sites for hydroxylation is 1. The van der Waals surface area contributed by atoms with Gasteiger partial charge in [-0.3, -0.25) is 0 Å². The van der Waals surface area contributed by atoms with Gasteiger partial charge >= 0.3 is 0 Å². The molecule has 2 aliphatic heterocycles. The van der Waals surface area contributed by atoms with E-state index >= 15 is 0 Å². The molecule has 0 aromatic heterocycles. The first kappa shape index (κ1) is 11.8. The van der Waals surface area contributed by atoms with Crippen LogP contribution in [0, 0.1) is 6.92 Å². The Kier molecular flexibility index (Phi) is 2.73. The van der Waals surface area contributed by atoms with Crippen LogP contribution in [-0.4, -0.2) is 39.1 Å². The van der Waals surface area contributed by atoms with E-state index in [1.54, 1.807) is 0 Å². The van der Waals surface area contributed by atoms with E-state index in [1.165, 1.54) is 11.3 Å². The first-order valence-electron chi connectivity index (χ1n) is 6.37. The van der Waals surface area contributed by atoms with Gasteiger partial charge in [-0.2, -0.15) is 0 Å². The molecule has 1 N–H and O–H groups in total. The van der Waals surface area contributed by atoms with Gasteiger partial charge < -0.3 is 10.2 Å². The van der Waals surface area contributed by atoms with Crippen LogP contribution in [0.25, 0.3) is 0 Å². The first-order valence-corrected chi connectivity index (χ1v) is 8.19. The van der Waals surface area contributed by atoms with Crippen LogP contribution in [0.1, 0.15) is 12.0 Å². The third kappa shape index (κ3) is 1.96. The lowest BCUT2D eigenvalue weighted by Crippen LogP contribution is -2.43. The molecule has 0 bridgehead atoms. The van der Waals surface area contributed by atoms with Gasteiger partial charge in [0.15, 0.2) is 9.84 Å². The van der Waals surface area contributed by atoms with Crippen LogP contribution >= 0.6 is 0 Å². The predicted octanol–water partition coefficient (Wildman–Crippen LogP) is 1.41. The average Bonchev–Trinajstić information content (AvgIpc) is 2.69. The van der Waals surface area contributed by atoms with Crippen molar-refractivity contribution in [1.29, 1.82) is 0 Å². The van der Waals surface area contributed by atoms with Gasteiger partial charge in [0.05, 0.1) is 22.9 Å². The lowest BCUT2D eigenvalue weighted by molar-refractivity contribution is 0.599. The molecule has 98 valence electrons. The van der Waals surface area contributed by atoms with Crippen molar-refractivity contribution in [3.05, 3.63) is 23.8 Å². The number of fused-ring (bicyclic) bond motifs is 1. The van der Waals surface area contributed by atoms with E-state index in [2.05, 4.69) is 29.3 Å². The molecule has 3 rings (SSSR count). The molecule has 1 fully saturated rings. The number of para-hydroxylation sites is 1. The summed E-state index contributed by atoms with van der Waals surface area (Å²) in [6.45, 7) is 3.85. The molecule has 1 atom stereocenters. The van der Waals surface area contributed by atoms with E-state index in [0.29, 0.717) is 11.5 Å². The third-order valence-corrected chi connectivity index (χ3v) is 5.59. The Morgan fingerprint density at radius 1 is 1.39 bits per heavy atom. The van der Waals surface area contributed by atoms with Crippen molar-refractivity contribution in [3.8, 4) is 0 Å². The second kappa shape index (κ2) is 4.16. The van der Waals surface area contributed by atoms with Gasteiger partial charge in [-0.15, -0.1) is 0 Å². The molecule has 0 amide bonds. The van der Waals surface area contributed by atoms with Gasteiger partial charge in [0.2, 0.25) is 0 Å². The minimum absolute atomic E-state index is 0.150. The van der Waals surface area contributed by atoms with Crippen molar-refractivity contribution in [2.24, 2.45) is 0 Å². The molecule has 0 aliphatic carbocycles. The lowest BCUT2D eigenvalue weighted by Gasteiger charge is -2.37. The SMILES string of the molecule is Cc1cccc2c1N(C1CCS(=O)(=O)C1)CCN2. The number of sulfone groups is 1. The van der Waals surface area contributed by atoms with E-state index in [-0.39, 0.29) is 6.04 Å². The molecule has 0 spiro atoms. The summed E-state index contributed by atoms with van der Waals surface area (Å²) < 4.78 is 23.3. The van der Waals surface area contributed by atoms with Gasteiger partial charge in [-0.25, -0.2) is 8.42 Å². The Balaban J connectivity index is 1.97. The third-order valence-electron chi connectivity index (χ3n) is 3.84. The largest absolute Gasteiger partial charge is 0.382 e. The number of hydrogen-bond donors (Lipinski definition) is 1. The molecule has 5 heteroatoms. The number of nitrogens with one attached hydrogen (secondary N) is 1. The molecule has 1 aromatic carbocycles. The molecule has 0 radical (unpaired) electrons. The lowest BCUT2D eigenvalue weighted by atomic mass is 10.1. The fourth-order valence-electron chi connectivity index (χ4n) is 2.99. The van der Waals surface area contributed by atoms with E-state index in [4.69, 9.17) is 0 Å². The summed E-state index contributed by atoms with van der Waals surface area (Å²) in [5.74, 6) is 0.642. The summed E-state index contributed by atoms with van der Waals surface area (Å²) in [6, 6.07) is 6.34. The standard InChI is InChI=1S/C13H18N2O2S/c1-10-3-2-4-12-13(10)15(7-6-14-12)11-5-8-18(16,17)9-11/h2-4,11,14H,5-9H2,1H3. The van der Waals surface area contributed by atoms with Gasteiger partial charge in [-0.1, -0.05) is 12.1 Å². The van der Waals surface area contributed by atoms with Crippen LogP contribution in [0.2, 0.25) is 0 Å². The number of rotatable bonds is 1. The molecule has 18 heavy (non-hydrogen) atoms. The number of benzene rings is 1. The maximum atomic E-state index is 11.6. The van der Waals surface area contributed by atoms with Gasteiger partial charge in [0, 0.05) is 19.1 Å². The van der Waals surface area contributed by atoms with E-state index in [9.17, 15) is 8.42 Å².